The van der Waals surface area contributed by atoms with Crippen molar-refractivity contribution >= 4 is 16.0 Å². The van der Waals surface area contributed by atoms with E-state index in [9.17, 15) is 13.2 Å². The molecule has 0 aromatic rings. The second-order valence-corrected chi connectivity index (χ2v) is 6.87. The van der Waals surface area contributed by atoms with Gasteiger partial charge < -0.3 is 4.74 Å². The maximum absolute atomic E-state index is 11.8. The van der Waals surface area contributed by atoms with Gasteiger partial charge in [-0.2, -0.15) is 4.31 Å². The van der Waals surface area contributed by atoms with E-state index in [1.165, 1.54) is 17.7 Å². The molecule has 98 valence electrons. The minimum absolute atomic E-state index is 0.00264. The zero-order valence-electron chi connectivity index (χ0n) is 10.3. The molecule has 6 heteroatoms. The molecule has 0 radical (unpaired) electrons. The molecule has 17 heavy (non-hydrogen) atoms. The van der Waals surface area contributed by atoms with Crippen molar-refractivity contribution in [2.24, 2.45) is 5.92 Å². The average Bonchev–Trinajstić information content (AvgIpc) is 2.66. The number of hydrogen-bond acceptors (Lipinski definition) is 4. The van der Waals surface area contributed by atoms with Crippen molar-refractivity contribution in [1.29, 1.82) is 0 Å². The van der Waals surface area contributed by atoms with Gasteiger partial charge in [-0.15, -0.1) is 0 Å². The highest BCUT2D eigenvalue weighted by Crippen LogP contribution is 2.41. The second-order valence-electron chi connectivity index (χ2n) is 4.98. The Morgan fingerprint density at radius 3 is 2.53 bits per heavy atom. The lowest BCUT2D eigenvalue weighted by Gasteiger charge is -2.31. The van der Waals surface area contributed by atoms with Gasteiger partial charge in [-0.05, 0) is 25.2 Å². The molecule has 3 atom stereocenters. The standard InChI is InChI=1S/C11H19NO4S/c1-16-11(13)10-7-8-5-3-4-6-9(8)12(10)17(2,14)15/h8-10H,3-7H2,1-2H3/t8-,9-,10-/m0/s1. The van der Waals surface area contributed by atoms with Crippen LogP contribution in [-0.4, -0.2) is 44.1 Å². The lowest BCUT2D eigenvalue weighted by Crippen LogP contribution is -2.45. The summed E-state index contributed by atoms with van der Waals surface area (Å²) < 4.78 is 29.8. The van der Waals surface area contributed by atoms with Gasteiger partial charge in [-0.1, -0.05) is 12.8 Å². The fourth-order valence-corrected chi connectivity index (χ4v) is 4.64. The number of ether oxygens (including phenoxy) is 1. The SMILES string of the molecule is COC(=O)[C@@H]1C[C@@H]2CCCC[C@@H]2N1S(C)(=O)=O. The Hall–Kier alpha value is -0.620. The van der Waals surface area contributed by atoms with E-state index in [-0.39, 0.29) is 6.04 Å². The molecular weight excluding hydrogens is 242 g/mol. The molecule has 1 aliphatic carbocycles. The lowest BCUT2D eigenvalue weighted by molar-refractivity contribution is -0.144. The maximum atomic E-state index is 11.8. The molecule has 2 aliphatic rings. The molecule has 5 nitrogen and oxygen atoms in total. The second kappa shape index (κ2) is 4.57. The Labute approximate surface area is 102 Å². The summed E-state index contributed by atoms with van der Waals surface area (Å²) in [4.78, 5) is 11.7. The molecule has 2 fully saturated rings. The zero-order chi connectivity index (χ0) is 12.6. The number of nitrogens with zero attached hydrogens (tertiary/aromatic N) is 1. The molecule has 0 N–H and O–H groups in total. The zero-order valence-corrected chi connectivity index (χ0v) is 11.1. The van der Waals surface area contributed by atoms with Gasteiger partial charge in [0.2, 0.25) is 10.0 Å². The first-order valence-corrected chi connectivity index (χ1v) is 7.86. The lowest BCUT2D eigenvalue weighted by atomic mass is 9.85. The average molecular weight is 261 g/mol. The molecule has 0 unspecified atom stereocenters. The van der Waals surface area contributed by atoms with Crippen LogP contribution in [0.2, 0.25) is 0 Å². The van der Waals surface area contributed by atoms with Crippen molar-refractivity contribution in [2.75, 3.05) is 13.4 Å². The number of carbonyl (C=O) groups excluding carboxylic acids is 1. The van der Waals surface area contributed by atoms with Crippen LogP contribution in [-0.2, 0) is 19.6 Å². The number of hydrogen-bond donors (Lipinski definition) is 0. The van der Waals surface area contributed by atoms with E-state index in [2.05, 4.69) is 0 Å². The van der Waals surface area contributed by atoms with E-state index in [1.54, 1.807) is 0 Å². The summed E-state index contributed by atoms with van der Waals surface area (Å²) in [7, 11) is -2.03. The van der Waals surface area contributed by atoms with Crippen LogP contribution in [0.15, 0.2) is 0 Å². The summed E-state index contributed by atoms with van der Waals surface area (Å²) >= 11 is 0. The quantitative estimate of drug-likeness (QED) is 0.688. The largest absolute Gasteiger partial charge is 0.468 e. The summed E-state index contributed by atoms with van der Waals surface area (Å²) in [5.41, 5.74) is 0. The Morgan fingerprint density at radius 1 is 1.29 bits per heavy atom. The van der Waals surface area contributed by atoms with Crippen LogP contribution in [0.3, 0.4) is 0 Å². The van der Waals surface area contributed by atoms with Gasteiger partial charge in [0.05, 0.1) is 13.4 Å². The van der Waals surface area contributed by atoms with Gasteiger partial charge in [0.15, 0.2) is 0 Å². The number of esters is 1. The number of fused-ring (bicyclic) bond motifs is 1. The first-order valence-electron chi connectivity index (χ1n) is 6.01. The van der Waals surface area contributed by atoms with Gasteiger partial charge in [-0.3, -0.25) is 4.79 Å². The summed E-state index contributed by atoms with van der Waals surface area (Å²) in [5, 5.41) is 0. The van der Waals surface area contributed by atoms with Crippen LogP contribution < -0.4 is 0 Å². The van der Waals surface area contributed by atoms with Crippen molar-refractivity contribution < 1.29 is 17.9 Å². The van der Waals surface area contributed by atoms with Crippen LogP contribution in [0.4, 0.5) is 0 Å². The van der Waals surface area contributed by atoms with Gasteiger partial charge in [-0.25, -0.2) is 8.42 Å². The van der Waals surface area contributed by atoms with Crippen LogP contribution in [0.25, 0.3) is 0 Å². The van der Waals surface area contributed by atoms with Crippen molar-refractivity contribution in [1.82, 2.24) is 4.31 Å². The van der Waals surface area contributed by atoms with Gasteiger partial charge in [0.1, 0.15) is 6.04 Å². The molecule has 0 bridgehead atoms. The fourth-order valence-electron chi connectivity index (χ4n) is 3.23. The normalized spacial score (nSPS) is 34.4. The first kappa shape index (κ1) is 12.8. The smallest absolute Gasteiger partial charge is 0.324 e. The first-order chi connectivity index (χ1) is 7.95. The van der Waals surface area contributed by atoms with Gasteiger partial charge in [0.25, 0.3) is 0 Å². The Kier molecular flexibility index (Phi) is 3.45. The van der Waals surface area contributed by atoms with Crippen molar-refractivity contribution in [2.45, 2.75) is 44.2 Å². The van der Waals surface area contributed by atoms with Crippen molar-refractivity contribution in [3.63, 3.8) is 0 Å². The minimum atomic E-state index is -3.34. The van der Waals surface area contributed by atoms with E-state index < -0.39 is 22.0 Å². The van der Waals surface area contributed by atoms with E-state index in [0.29, 0.717) is 12.3 Å². The third-order valence-electron chi connectivity index (χ3n) is 3.89. The van der Waals surface area contributed by atoms with Crippen molar-refractivity contribution in [3.05, 3.63) is 0 Å². The van der Waals surface area contributed by atoms with E-state index in [1.807, 2.05) is 0 Å². The topological polar surface area (TPSA) is 63.7 Å². The third-order valence-corrected chi connectivity index (χ3v) is 5.18. The molecule has 1 heterocycles. The molecule has 1 saturated carbocycles. The van der Waals surface area contributed by atoms with Gasteiger partial charge in [0, 0.05) is 6.04 Å². The third kappa shape index (κ3) is 2.33. The molecule has 0 spiro atoms. The van der Waals surface area contributed by atoms with E-state index >= 15 is 0 Å². The molecule has 0 amide bonds. The van der Waals surface area contributed by atoms with Crippen LogP contribution in [0.5, 0.6) is 0 Å². The molecular formula is C11H19NO4S. The Morgan fingerprint density at radius 2 is 1.94 bits per heavy atom. The highest BCUT2D eigenvalue weighted by Gasteiger charge is 2.49. The van der Waals surface area contributed by atoms with Crippen molar-refractivity contribution in [3.8, 4) is 0 Å². The Balaban J connectivity index is 2.30. The number of methoxy groups -OCH3 is 1. The summed E-state index contributed by atoms with van der Waals surface area (Å²) in [5.74, 6) is -0.104. The molecule has 2 rings (SSSR count). The molecule has 0 aromatic heterocycles. The summed E-state index contributed by atoms with van der Waals surface area (Å²) in [6, 6.07) is -0.606. The van der Waals surface area contributed by atoms with Crippen LogP contribution in [0, 0.1) is 5.92 Å². The number of rotatable bonds is 2. The number of sulfonamides is 1. The maximum Gasteiger partial charge on any atom is 0.324 e. The Bertz CT molecular complexity index is 406. The predicted octanol–water partition coefficient (Wildman–Crippen LogP) is 0.752. The monoisotopic (exact) mass is 261 g/mol. The van der Waals surface area contributed by atoms with Gasteiger partial charge >= 0.3 is 5.97 Å². The minimum Gasteiger partial charge on any atom is -0.468 e. The number of carbonyl (C=O) groups is 1. The fraction of sp³-hybridized carbons (Fsp3) is 0.909. The van der Waals surface area contributed by atoms with Crippen LogP contribution >= 0.6 is 0 Å². The molecule has 0 aromatic carbocycles. The van der Waals surface area contributed by atoms with E-state index in [4.69, 9.17) is 4.74 Å². The summed E-state index contributed by atoms with van der Waals surface area (Å²) in [6.07, 6.45) is 5.85. The summed E-state index contributed by atoms with van der Waals surface area (Å²) in [6.45, 7) is 0. The van der Waals surface area contributed by atoms with Crippen LogP contribution in [0.1, 0.15) is 32.1 Å². The molecule has 1 aliphatic heterocycles. The highest BCUT2D eigenvalue weighted by molar-refractivity contribution is 7.88. The highest BCUT2D eigenvalue weighted by atomic mass is 32.2. The molecule has 1 saturated heterocycles. The van der Waals surface area contributed by atoms with E-state index in [0.717, 1.165) is 25.7 Å². The predicted molar refractivity (Wildman–Crippen MR) is 62.8 cm³/mol.